The molecule has 8 nitrogen and oxygen atoms in total. The normalized spacial score (nSPS) is 17.0. The number of β-lactam (4-membered cyclic amide) rings is 1. The molecule has 3 rings (SSSR count). The summed E-state index contributed by atoms with van der Waals surface area (Å²) in [6, 6.07) is 9.91. The van der Waals surface area contributed by atoms with Gasteiger partial charge in [0.2, 0.25) is 5.91 Å². The van der Waals surface area contributed by atoms with Crippen LogP contribution in [0.1, 0.15) is 80.4 Å². The molecule has 0 radical (unpaired) electrons. The minimum Gasteiger partial charge on any atom is -0.469 e. The Hall–Kier alpha value is -3.60. The predicted molar refractivity (Wildman–Crippen MR) is 154 cm³/mol. The van der Waals surface area contributed by atoms with Crippen LogP contribution in [0.3, 0.4) is 0 Å². The van der Waals surface area contributed by atoms with E-state index < -0.39 is 35.5 Å². The molecular formula is C31H41F3N4O4. The molecule has 0 bridgehead atoms. The molecule has 2 aromatic carbocycles. The SMILES string of the molecule is CCC[C@@H](NC(=O)N1C(=O)C(CC)(CC)[C@@H]1Oc1ccc(C(=O)NCCCN(C)C)cc1)c1ccc(C(F)(F)F)cc1. The Morgan fingerprint density at radius 2 is 1.64 bits per heavy atom. The summed E-state index contributed by atoms with van der Waals surface area (Å²) >= 11 is 0. The molecule has 230 valence electrons. The van der Waals surface area contributed by atoms with Crippen LogP contribution in [0.15, 0.2) is 48.5 Å². The van der Waals surface area contributed by atoms with Crippen molar-refractivity contribution < 1.29 is 32.3 Å². The third-order valence-corrected chi connectivity index (χ3v) is 7.78. The van der Waals surface area contributed by atoms with Gasteiger partial charge in [-0.05, 0) is 88.3 Å². The van der Waals surface area contributed by atoms with Crippen molar-refractivity contribution in [1.29, 1.82) is 0 Å². The van der Waals surface area contributed by atoms with Gasteiger partial charge in [-0.2, -0.15) is 13.2 Å². The molecule has 1 heterocycles. The van der Waals surface area contributed by atoms with E-state index in [1.807, 2.05) is 39.8 Å². The monoisotopic (exact) mass is 590 g/mol. The lowest BCUT2D eigenvalue weighted by Crippen LogP contribution is -2.73. The van der Waals surface area contributed by atoms with Gasteiger partial charge in [-0.1, -0.05) is 39.3 Å². The smallest absolute Gasteiger partial charge is 0.416 e. The topological polar surface area (TPSA) is 91.0 Å². The molecule has 0 spiro atoms. The Morgan fingerprint density at radius 3 is 2.17 bits per heavy atom. The number of carbonyl (C=O) groups excluding carboxylic acids is 3. The lowest BCUT2D eigenvalue weighted by molar-refractivity contribution is -0.191. The van der Waals surface area contributed by atoms with Crippen LogP contribution < -0.4 is 15.4 Å². The van der Waals surface area contributed by atoms with Crippen LogP contribution in [0.4, 0.5) is 18.0 Å². The Bertz CT molecular complexity index is 1210. The fraction of sp³-hybridized carbons (Fsp3) is 0.516. The van der Waals surface area contributed by atoms with Crippen molar-refractivity contribution in [2.24, 2.45) is 5.41 Å². The lowest BCUT2D eigenvalue weighted by Gasteiger charge is -2.53. The van der Waals surface area contributed by atoms with Gasteiger partial charge in [0.15, 0.2) is 6.23 Å². The van der Waals surface area contributed by atoms with Gasteiger partial charge in [0.05, 0.1) is 11.6 Å². The van der Waals surface area contributed by atoms with Gasteiger partial charge in [-0.25, -0.2) is 9.69 Å². The fourth-order valence-corrected chi connectivity index (χ4v) is 5.15. The van der Waals surface area contributed by atoms with E-state index in [4.69, 9.17) is 4.74 Å². The highest BCUT2D eigenvalue weighted by atomic mass is 19.4. The van der Waals surface area contributed by atoms with E-state index in [1.54, 1.807) is 24.3 Å². The minimum atomic E-state index is -4.46. The average Bonchev–Trinajstić information content (AvgIpc) is 2.95. The number of nitrogens with one attached hydrogen (secondary N) is 2. The summed E-state index contributed by atoms with van der Waals surface area (Å²) in [5.41, 5.74) is -0.712. The molecule has 0 aliphatic carbocycles. The molecule has 0 saturated carbocycles. The molecule has 42 heavy (non-hydrogen) atoms. The Morgan fingerprint density at radius 1 is 1.02 bits per heavy atom. The number of urea groups is 1. The average molecular weight is 591 g/mol. The zero-order valence-electron chi connectivity index (χ0n) is 24.9. The molecule has 1 saturated heterocycles. The van der Waals surface area contributed by atoms with Crippen LogP contribution in [-0.2, 0) is 11.0 Å². The zero-order chi connectivity index (χ0) is 31.1. The number of imide groups is 1. The standard InChI is InChI=1S/C31H41F3N4O4/c1-6-10-25(21-11-15-23(16-12-21)31(32,33)34)36-29(41)38-27(40)30(7-2,8-3)28(38)42-24-17-13-22(14-18-24)26(39)35-19-9-20-37(4)5/h11-18,25,28H,6-10,19-20H2,1-5H3,(H,35,39)(H,36,41)/t25-,28+/m1/s1. The molecule has 0 aromatic heterocycles. The summed E-state index contributed by atoms with van der Waals surface area (Å²) in [7, 11) is 3.94. The number of benzene rings is 2. The first-order valence-corrected chi connectivity index (χ1v) is 14.4. The van der Waals surface area contributed by atoms with Crippen molar-refractivity contribution in [2.45, 2.75) is 71.3 Å². The number of ether oxygens (including phenoxy) is 1. The summed E-state index contributed by atoms with van der Waals surface area (Å²) < 4.78 is 45.3. The molecular weight excluding hydrogens is 549 g/mol. The second-order valence-electron chi connectivity index (χ2n) is 10.9. The number of halogens is 3. The molecule has 2 atom stereocenters. The summed E-state index contributed by atoms with van der Waals surface area (Å²) in [5.74, 6) is -0.179. The largest absolute Gasteiger partial charge is 0.469 e. The molecule has 1 aliphatic rings. The number of hydrogen-bond acceptors (Lipinski definition) is 5. The van der Waals surface area contributed by atoms with E-state index in [2.05, 4.69) is 10.6 Å². The molecule has 2 N–H and O–H groups in total. The third-order valence-electron chi connectivity index (χ3n) is 7.78. The van der Waals surface area contributed by atoms with Crippen LogP contribution >= 0.6 is 0 Å². The summed E-state index contributed by atoms with van der Waals surface area (Å²) in [5, 5.41) is 5.71. The first-order chi connectivity index (χ1) is 19.9. The zero-order valence-corrected chi connectivity index (χ0v) is 24.9. The molecule has 0 unspecified atom stereocenters. The van der Waals surface area contributed by atoms with Crippen molar-refractivity contribution in [3.8, 4) is 5.75 Å². The first kappa shape index (κ1) is 32.9. The molecule has 11 heteroatoms. The Balaban J connectivity index is 1.74. The van der Waals surface area contributed by atoms with Crippen LogP contribution in [0.5, 0.6) is 5.75 Å². The second-order valence-corrected chi connectivity index (χ2v) is 10.9. The van der Waals surface area contributed by atoms with E-state index in [0.717, 1.165) is 30.0 Å². The van der Waals surface area contributed by atoms with Gasteiger partial charge in [0.25, 0.3) is 5.91 Å². The minimum absolute atomic E-state index is 0.207. The van der Waals surface area contributed by atoms with E-state index in [-0.39, 0.29) is 11.8 Å². The number of likely N-dealkylation sites (tertiary alicyclic amines) is 1. The van der Waals surface area contributed by atoms with E-state index in [1.165, 1.54) is 12.1 Å². The molecule has 1 fully saturated rings. The molecule has 4 amide bonds. The Kier molecular flexibility index (Phi) is 11.0. The van der Waals surface area contributed by atoms with E-state index in [0.29, 0.717) is 49.1 Å². The Labute approximate surface area is 245 Å². The van der Waals surface area contributed by atoms with Crippen molar-refractivity contribution >= 4 is 17.8 Å². The maximum Gasteiger partial charge on any atom is 0.416 e. The number of amides is 4. The number of carbonyl (C=O) groups is 3. The third kappa shape index (κ3) is 7.42. The maximum atomic E-state index is 13.4. The van der Waals surface area contributed by atoms with Gasteiger partial charge >= 0.3 is 12.2 Å². The van der Waals surface area contributed by atoms with Gasteiger partial charge in [0, 0.05) is 12.1 Å². The lowest BCUT2D eigenvalue weighted by atomic mass is 9.72. The quantitative estimate of drug-likeness (QED) is 0.221. The molecule has 1 aliphatic heterocycles. The number of hydrogen-bond donors (Lipinski definition) is 2. The van der Waals surface area contributed by atoms with Gasteiger partial charge < -0.3 is 20.3 Å². The van der Waals surface area contributed by atoms with E-state index >= 15 is 0 Å². The highest BCUT2D eigenvalue weighted by Crippen LogP contribution is 2.46. The van der Waals surface area contributed by atoms with Crippen molar-refractivity contribution in [3.63, 3.8) is 0 Å². The van der Waals surface area contributed by atoms with Crippen molar-refractivity contribution in [3.05, 3.63) is 65.2 Å². The van der Waals surface area contributed by atoms with Gasteiger partial charge in [0.1, 0.15) is 11.2 Å². The van der Waals surface area contributed by atoms with Crippen LogP contribution in [0.25, 0.3) is 0 Å². The van der Waals surface area contributed by atoms with Crippen LogP contribution in [0.2, 0.25) is 0 Å². The van der Waals surface area contributed by atoms with E-state index in [9.17, 15) is 27.6 Å². The van der Waals surface area contributed by atoms with Crippen molar-refractivity contribution in [1.82, 2.24) is 20.4 Å². The van der Waals surface area contributed by atoms with Gasteiger partial charge in [-0.3, -0.25) is 9.59 Å². The highest BCUT2D eigenvalue weighted by molar-refractivity contribution is 6.03. The number of alkyl halides is 3. The molecule has 2 aromatic rings. The maximum absolute atomic E-state index is 13.4. The number of rotatable bonds is 13. The van der Waals surface area contributed by atoms with Crippen LogP contribution in [0, 0.1) is 5.41 Å². The summed E-state index contributed by atoms with van der Waals surface area (Å²) in [4.78, 5) is 42.3. The first-order valence-electron chi connectivity index (χ1n) is 14.4. The fourth-order valence-electron chi connectivity index (χ4n) is 5.15. The van der Waals surface area contributed by atoms with Gasteiger partial charge in [-0.15, -0.1) is 0 Å². The summed E-state index contributed by atoms with van der Waals surface area (Å²) in [6.07, 6.45) is -2.52. The predicted octanol–water partition coefficient (Wildman–Crippen LogP) is 5.99. The van der Waals surface area contributed by atoms with Crippen LogP contribution in [-0.4, -0.2) is 61.1 Å². The van der Waals surface area contributed by atoms with Crippen molar-refractivity contribution in [2.75, 3.05) is 27.2 Å². The summed E-state index contributed by atoms with van der Waals surface area (Å²) in [6.45, 7) is 7.02. The highest BCUT2D eigenvalue weighted by Gasteiger charge is 2.63. The number of nitrogens with zero attached hydrogens (tertiary/aromatic N) is 2. The second kappa shape index (κ2) is 14.0.